The summed E-state index contributed by atoms with van der Waals surface area (Å²) in [5.74, 6) is 1.07. The van der Waals surface area contributed by atoms with Crippen molar-refractivity contribution in [2.24, 2.45) is 4.99 Å². The number of benzene rings is 3. The molecular weight excluding hydrogens is 712 g/mol. The lowest BCUT2D eigenvalue weighted by atomic mass is 10.1. The lowest BCUT2D eigenvalue weighted by Crippen LogP contribution is -2.05. The SMILES string of the molecule is COc1cc(/C=C2\N=C(c3ccc(I)c(Br)c3)OC2=O)cc(I)c1OCCc1ccccc1. The van der Waals surface area contributed by atoms with Crippen LogP contribution in [-0.4, -0.2) is 25.6 Å². The molecule has 1 aliphatic heterocycles. The molecule has 3 aromatic carbocycles. The normalized spacial score (nSPS) is 14.2. The van der Waals surface area contributed by atoms with Crippen molar-refractivity contribution < 1.29 is 19.0 Å². The summed E-state index contributed by atoms with van der Waals surface area (Å²) < 4.78 is 19.8. The second-order valence-corrected chi connectivity index (χ2v) is 10.3. The number of carbonyl (C=O) groups excluding carboxylic acids is 1. The maximum Gasteiger partial charge on any atom is 0.363 e. The van der Waals surface area contributed by atoms with E-state index in [2.05, 4.69) is 78.2 Å². The zero-order valence-corrected chi connectivity index (χ0v) is 23.4. The van der Waals surface area contributed by atoms with Crippen molar-refractivity contribution in [2.75, 3.05) is 13.7 Å². The standard InChI is InChI=1S/C25H18BrI2NO4/c1-31-22-13-16(11-20(28)23(22)32-10-9-15-5-3-2-4-6-15)12-21-25(30)33-24(29-21)17-7-8-19(27)18(26)14-17/h2-8,11-14H,9-10H2,1H3/b21-12-. The van der Waals surface area contributed by atoms with Gasteiger partial charge in [-0.25, -0.2) is 9.79 Å². The summed E-state index contributed by atoms with van der Waals surface area (Å²) in [6.45, 7) is 0.530. The molecule has 168 valence electrons. The molecule has 3 aromatic rings. The third kappa shape index (κ3) is 5.96. The molecule has 4 rings (SSSR count). The summed E-state index contributed by atoms with van der Waals surface area (Å²) in [6.07, 6.45) is 2.49. The van der Waals surface area contributed by atoms with Crippen molar-refractivity contribution in [1.82, 2.24) is 0 Å². The van der Waals surface area contributed by atoms with Gasteiger partial charge in [0.1, 0.15) is 0 Å². The average Bonchev–Trinajstić information content (AvgIpc) is 3.17. The number of nitrogens with zero attached hydrogens (tertiary/aromatic N) is 1. The van der Waals surface area contributed by atoms with E-state index >= 15 is 0 Å². The molecule has 0 aromatic heterocycles. The topological polar surface area (TPSA) is 57.1 Å². The van der Waals surface area contributed by atoms with Crippen molar-refractivity contribution >= 4 is 79.1 Å². The van der Waals surface area contributed by atoms with Crippen molar-refractivity contribution in [3.05, 3.63) is 94.7 Å². The summed E-state index contributed by atoms with van der Waals surface area (Å²) in [7, 11) is 1.60. The van der Waals surface area contributed by atoms with E-state index in [0.717, 1.165) is 29.2 Å². The van der Waals surface area contributed by atoms with Gasteiger partial charge in [-0.15, -0.1) is 0 Å². The molecular formula is C25H18BrI2NO4. The third-order valence-electron chi connectivity index (χ3n) is 4.82. The Morgan fingerprint density at radius 3 is 2.58 bits per heavy atom. The maximum absolute atomic E-state index is 12.4. The minimum absolute atomic E-state index is 0.232. The van der Waals surface area contributed by atoms with Crippen LogP contribution >= 0.6 is 61.1 Å². The first-order valence-corrected chi connectivity index (χ1v) is 12.9. The Morgan fingerprint density at radius 1 is 1.06 bits per heavy atom. The van der Waals surface area contributed by atoms with Gasteiger partial charge in [-0.3, -0.25) is 0 Å². The molecule has 0 radical (unpaired) electrons. The Hall–Kier alpha value is -1.92. The average molecular weight is 730 g/mol. The van der Waals surface area contributed by atoms with E-state index in [-0.39, 0.29) is 11.6 Å². The fourth-order valence-electron chi connectivity index (χ4n) is 3.20. The van der Waals surface area contributed by atoms with Gasteiger partial charge in [0.2, 0.25) is 5.90 Å². The molecule has 0 spiro atoms. The summed E-state index contributed by atoms with van der Waals surface area (Å²) >= 11 is 7.93. The van der Waals surface area contributed by atoms with Crippen molar-refractivity contribution in [3.8, 4) is 11.5 Å². The van der Waals surface area contributed by atoms with Crippen LogP contribution in [0.25, 0.3) is 6.08 Å². The fourth-order valence-corrected chi connectivity index (χ4v) is 4.69. The van der Waals surface area contributed by atoms with E-state index in [1.807, 2.05) is 48.5 Å². The van der Waals surface area contributed by atoms with Crippen molar-refractivity contribution in [3.63, 3.8) is 0 Å². The van der Waals surface area contributed by atoms with Crippen LogP contribution in [0.2, 0.25) is 0 Å². The highest BCUT2D eigenvalue weighted by molar-refractivity contribution is 14.1. The lowest BCUT2D eigenvalue weighted by molar-refractivity contribution is -0.129. The number of methoxy groups -OCH3 is 1. The molecule has 0 saturated heterocycles. The van der Waals surface area contributed by atoms with Gasteiger partial charge in [-0.05, 0) is 109 Å². The highest BCUT2D eigenvalue weighted by Gasteiger charge is 2.25. The first-order chi connectivity index (χ1) is 15.9. The number of rotatable bonds is 7. The molecule has 0 unspecified atom stereocenters. The van der Waals surface area contributed by atoms with Crippen molar-refractivity contribution in [1.29, 1.82) is 0 Å². The highest BCUT2D eigenvalue weighted by Crippen LogP contribution is 2.35. The molecule has 1 aliphatic rings. The molecule has 0 bridgehead atoms. The number of esters is 1. The molecule has 5 nitrogen and oxygen atoms in total. The van der Waals surface area contributed by atoms with Gasteiger partial charge in [0, 0.05) is 20.0 Å². The Kier molecular flexibility index (Phi) is 8.07. The van der Waals surface area contributed by atoms with E-state index in [0.29, 0.717) is 18.1 Å². The minimum Gasteiger partial charge on any atom is -0.493 e. The van der Waals surface area contributed by atoms with Crippen LogP contribution in [0.4, 0.5) is 0 Å². The van der Waals surface area contributed by atoms with Gasteiger partial charge in [0.15, 0.2) is 17.2 Å². The Balaban J connectivity index is 1.55. The van der Waals surface area contributed by atoms with Gasteiger partial charge in [0.25, 0.3) is 0 Å². The summed E-state index contributed by atoms with van der Waals surface area (Å²) in [5.41, 5.74) is 2.94. The lowest BCUT2D eigenvalue weighted by Gasteiger charge is -2.13. The van der Waals surface area contributed by atoms with E-state index in [1.54, 1.807) is 13.2 Å². The predicted octanol–water partition coefficient (Wildman–Crippen LogP) is 6.63. The molecule has 0 aliphatic carbocycles. The van der Waals surface area contributed by atoms with E-state index < -0.39 is 5.97 Å². The van der Waals surface area contributed by atoms with Crippen LogP contribution in [-0.2, 0) is 16.0 Å². The molecule has 0 saturated carbocycles. The molecule has 0 amide bonds. The Morgan fingerprint density at radius 2 is 1.85 bits per heavy atom. The van der Waals surface area contributed by atoms with Gasteiger partial charge < -0.3 is 14.2 Å². The molecule has 1 heterocycles. The first-order valence-electron chi connectivity index (χ1n) is 9.97. The summed E-state index contributed by atoms with van der Waals surface area (Å²) in [4.78, 5) is 16.8. The Labute approximate surface area is 227 Å². The molecule has 0 N–H and O–H groups in total. The zero-order valence-electron chi connectivity index (χ0n) is 17.5. The molecule has 0 fully saturated rings. The number of carbonyl (C=O) groups is 1. The predicted molar refractivity (Wildman–Crippen MR) is 149 cm³/mol. The van der Waals surface area contributed by atoms with Crippen LogP contribution in [0.3, 0.4) is 0 Å². The number of ether oxygens (including phenoxy) is 3. The third-order valence-corrected chi connectivity index (χ3v) is 7.96. The summed E-state index contributed by atoms with van der Waals surface area (Å²) in [5, 5.41) is 0. The van der Waals surface area contributed by atoms with Crippen LogP contribution < -0.4 is 9.47 Å². The van der Waals surface area contributed by atoms with Crippen molar-refractivity contribution in [2.45, 2.75) is 6.42 Å². The van der Waals surface area contributed by atoms with Crippen LogP contribution in [0.5, 0.6) is 11.5 Å². The molecule has 0 atom stereocenters. The van der Waals surface area contributed by atoms with Crippen LogP contribution in [0.1, 0.15) is 16.7 Å². The van der Waals surface area contributed by atoms with Gasteiger partial charge in [0.05, 0.1) is 17.3 Å². The second kappa shape index (κ2) is 11.0. The first kappa shape index (κ1) is 24.2. The van der Waals surface area contributed by atoms with E-state index in [9.17, 15) is 4.79 Å². The maximum atomic E-state index is 12.4. The Bertz CT molecular complexity index is 1260. The largest absolute Gasteiger partial charge is 0.493 e. The molecule has 33 heavy (non-hydrogen) atoms. The number of halogens is 3. The van der Waals surface area contributed by atoms with Crippen LogP contribution in [0.15, 0.2) is 75.8 Å². The fraction of sp³-hybridized carbons (Fsp3) is 0.120. The summed E-state index contributed by atoms with van der Waals surface area (Å²) in [6, 6.07) is 19.6. The number of cyclic esters (lactones) is 1. The number of hydrogen-bond donors (Lipinski definition) is 0. The van der Waals surface area contributed by atoms with E-state index in [1.165, 1.54) is 5.56 Å². The minimum atomic E-state index is -0.489. The van der Waals surface area contributed by atoms with Gasteiger partial charge >= 0.3 is 5.97 Å². The highest BCUT2D eigenvalue weighted by atomic mass is 127. The second-order valence-electron chi connectivity index (χ2n) is 7.08. The van der Waals surface area contributed by atoms with Gasteiger partial charge in [-0.2, -0.15) is 0 Å². The number of aliphatic imine (C=N–C) groups is 1. The quantitative estimate of drug-likeness (QED) is 0.156. The molecule has 8 heteroatoms. The monoisotopic (exact) mass is 729 g/mol. The van der Waals surface area contributed by atoms with Gasteiger partial charge in [-0.1, -0.05) is 30.3 Å². The van der Waals surface area contributed by atoms with Crippen LogP contribution in [0, 0.1) is 7.14 Å². The number of hydrogen-bond acceptors (Lipinski definition) is 5. The zero-order chi connectivity index (χ0) is 23.4. The van der Waals surface area contributed by atoms with E-state index in [4.69, 9.17) is 14.2 Å². The smallest absolute Gasteiger partial charge is 0.363 e.